The molecule has 0 bridgehead atoms. The predicted molar refractivity (Wildman–Crippen MR) is 95.2 cm³/mol. The second kappa shape index (κ2) is 6.02. The number of hydrogen-bond donors (Lipinski definition) is 0. The van der Waals surface area contributed by atoms with Gasteiger partial charge in [0, 0.05) is 28.6 Å². The molecule has 2 aromatic carbocycles. The monoisotopic (exact) mass is 288 g/mol. The van der Waals surface area contributed by atoms with Crippen LogP contribution in [0, 0.1) is 6.92 Å². The standard InChI is InChI=1S/C20H20N2/c1-4-18(16-11-7-6-8-12-16)21-20-15(3)17-13-9-10-14-19(17)22(20)5-2/h4,6-14H,1,5H2,2-3H3/b21-18+. The normalized spacial score (nSPS) is 11.8. The van der Waals surface area contributed by atoms with Gasteiger partial charge in [-0.25, -0.2) is 4.99 Å². The number of aryl methyl sites for hydroxylation is 2. The van der Waals surface area contributed by atoms with Crippen molar-refractivity contribution >= 4 is 22.4 Å². The van der Waals surface area contributed by atoms with Gasteiger partial charge in [-0.2, -0.15) is 0 Å². The Balaban J connectivity index is 2.23. The minimum atomic E-state index is 0.895. The van der Waals surface area contributed by atoms with Crippen molar-refractivity contribution in [1.29, 1.82) is 0 Å². The Morgan fingerprint density at radius 1 is 1.09 bits per heavy atom. The summed E-state index contributed by atoms with van der Waals surface area (Å²) in [5, 5.41) is 1.26. The van der Waals surface area contributed by atoms with Crippen molar-refractivity contribution in [3.8, 4) is 0 Å². The summed E-state index contributed by atoms with van der Waals surface area (Å²) in [5.74, 6) is 1.02. The molecule has 1 aromatic heterocycles. The van der Waals surface area contributed by atoms with Gasteiger partial charge in [0.1, 0.15) is 5.82 Å². The van der Waals surface area contributed by atoms with Crippen LogP contribution >= 0.6 is 0 Å². The molecule has 0 atom stereocenters. The quantitative estimate of drug-likeness (QED) is 0.581. The Labute approximate surface area is 131 Å². The summed E-state index contributed by atoms with van der Waals surface area (Å²) >= 11 is 0. The van der Waals surface area contributed by atoms with E-state index < -0.39 is 0 Å². The molecule has 3 aromatic rings. The van der Waals surface area contributed by atoms with Crippen LogP contribution in [0.1, 0.15) is 18.1 Å². The second-order valence-electron chi connectivity index (χ2n) is 5.28. The number of benzene rings is 2. The fraction of sp³-hybridized carbons (Fsp3) is 0.150. The van der Waals surface area contributed by atoms with E-state index in [4.69, 9.17) is 4.99 Å². The third-order valence-corrected chi connectivity index (χ3v) is 4.00. The Morgan fingerprint density at radius 2 is 1.77 bits per heavy atom. The van der Waals surface area contributed by atoms with Crippen LogP contribution in [0.5, 0.6) is 0 Å². The molecule has 0 aliphatic carbocycles. The summed E-state index contributed by atoms with van der Waals surface area (Å²) in [4.78, 5) is 4.92. The van der Waals surface area contributed by atoms with E-state index in [1.54, 1.807) is 0 Å². The highest BCUT2D eigenvalue weighted by Gasteiger charge is 2.12. The van der Waals surface area contributed by atoms with Gasteiger partial charge in [-0.3, -0.25) is 0 Å². The lowest BCUT2D eigenvalue weighted by Gasteiger charge is -2.07. The van der Waals surface area contributed by atoms with Crippen LogP contribution in [-0.4, -0.2) is 10.3 Å². The van der Waals surface area contributed by atoms with E-state index in [2.05, 4.69) is 61.4 Å². The van der Waals surface area contributed by atoms with Gasteiger partial charge in [0.2, 0.25) is 0 Å². The SMILES string of the molecule is C=C/C(=N\c1c(C)c2ccccc2n1CC)c1ccccc1. The first-order valence-electron chi connectivity index (χ1n) is 7.60. The van der Waals surface area contributed by atoms with Crippen molar-refractivity contribution in [1.82, 2.24) is 4.57 Å². The highest BCUT2D eigenvalue weighted by molar-refractivity contribution is 6.10. The van der Waals surface area contributed by atoms with Crippen LogP contribution in [0.15, 0.2) is 72.2 Å². The molecular weight excluding hydrogens is 268 g/mol. The lowest BCUT2D eigenvalue weighted by Crippen LogP contribution is -1.98. The first-order chi connectivity index (χ1) is 10.8. The Bertz CT molecular complexity index is 839. The van der Waals surface area contributed by atoms with Crippen molar-refractivity contribution in [3.63, 3.8) is 0 Å². The molecule has 0 radical (unpaired) electrons. The zero-order valence-electron chi connectivity index (χ0n) is 13.1. The number of fused-ring (bicyclic) bond motifs is 1. The average molecular weight is 288 g/mol. The average Bonchev–Trinajstić information content (AvgIpc) is 2.85. The Kier molecular flexibility index (Phi) is 3.92. The van der Waals surface area contributed by atoms with E-state index >= 15 is 0 Å². The zero-order valence-corrected chi connectivity index (χ0v) is 13.1. The molecule has 0 saturated heterocycles. The van der Waals surface area contributed by atoms with Gasteiger partial charge in [-0.05, 0) is 26.0 Å². The molecule has 0 aliphatic heterocycles. The highest BCUT2D eigenvalue weighted by atomic mass is 15.1. The van der Waals surface area contributed by atoms with E-state index in [1.165, 1.54) is 16.5 Å². The summed E-state index contributed by atoms with van der Waals surface area (Å²) < 4.78 is 2.26. The number of aromatic nitrogens is 1. The van der Waals surface area contributed by atoms with Gasteiger partial charge in [-0.15, -0.1) is 0 Å². The lowest BCUT2D eigenvalue weighted by molar-refractivity contribution is 0.798. The van der Waals surface area contributed by atoms with Gasteiger partial charge >= 0.3 is 0 Å². The third-order valence-electron chi connectivity index (χ3n) is 4.00. The summed E-state index contributed by atoms with van der Waals surface area (Å²) in [6.45, 7) is 9.12. The number of allylic oxidation sites excluding steroid dienone is 1. The maximum Gasteiger partial charge on any atom is 0.137 e. The van der Waals surface area contributed by atoms with Gasteiger partial charge in [0.25, 0.3) is 0 Å². The number of para-hydroxylation sites is 1. The molecule has 2 heteroatoms. The van der Waals surface area contributed by atoms with Crippen LogP contribution in [-0.2, 0) is 6.54 Å². The van der Waals surface area contributed by atoms with Crippen LogP contribution < -0.4 is 0 Å². The Morgan fingerprint density at radius 3 is 2.45 bits per heavy atom. The van der Waals surface area contributed by atoms with Gasteiger partial charge in [0.05, 0.1) is 5.71 Å². The lowest BCUT2D eigenvalue weighted by atomic mass is 10.1. The maximum absolute atomic E-state index is 4.92. The van der Waals surface area contributed by atoms with Crippen molar-refractivity contribution in [3.05, 3.63) is 78.4 Å². The highest BCUT2D eigenvalue weighted by Crippen LogP contribution is 2.32. The minimum absolute atomic E-state index is 0.895. The van der Waals surface area contributed by atoms with Crippen LogP contribution in [0.25, 0.3) is 10.9 Å². The Hall–Kier alpha value is -2.61. The second-order valence-corrected chi connectivity index (χ2v) is 5.28. The summed E-state index contributed by atoms with van der Waals surface area (Å²) in [5.41, 5.74) is 4.44. The molecule has 0 N–H and O–H groups in total. The molecule has 0 aliphatic rings. The largest absolute Gasteiger partial charge is 0.326 e. The fourth-order valence-corrected chi connectivity index (χ4v) is 2.88. The first kappa shape index (κ1) is 14.3. The molecule has 110 valence electrons. The molecule has 1 heterocycles. The van der Waals surface area contributed by atoms with Crippen LogP contribution in [0.4, 0.5) is 5.82 Å². The summed E-state index contributed by atoms with van der Waals surface area (Å²) in [6.07, 6.45) is 1.83. The molecule has 0 fully saturated rings. The third kappa shape index (κ3) is 2.37. The molecular formula is C20H20N2. The van der Waals surface area contributed by atoms with E-state index in [9.17, 15) is 0 Å². The van der Waals surface area contributed by atoms with Gasteiger partial charge in [-0.1, -0.05) is 55.1 Å². The van der Waals surface area contributed by atoms with E-state index in [-0.39, 0.29) is 0 Å². The number of aliphatic imine (C=N–C) groups is 1. The molecule has 2 nitrogen and oxygen atoms in total. The topological polar surface area (TPSA) is 17.3 Å². The number of nitrogens with zero attached hydrogens (tertiary/aromatic N) is 2. The van der Waals surface area contributed by atoms with Gasteiger partial charge in [0.15, 0.2) is 0 Å². The van der Waals surface area contributed by atoms with E-state index in [0.29, 0.717) is 0 Å². The minimum Gasteiger partial charge on any atom is -0.326 e. The predicted octanol–water partition coefficient (Wildman–Crippen LogP) is 5.28. The number of hydrogen-bond acceptors (Lipinski definition) is 1. The van der Waals surface area contributed by atoms with Crippen molar-refractivity contribution < 1.29 is 0 Å². The maximum atomic E-state index is 4.92. The molecule has 3 rings (SSSR count). The van der Waals surface area contributed by atoms with Crippen LogP contribution in [0.3, 0.4) is 0 Å². The van der Waals surface area contributed by atoms with Crippen LogP contribution in [0.2, 0.25) is 0 Å². The molecule has 0 saturated carbocycles. The fourth-order valence-electron chi connectivity index (χ4n) is 2.88. The van der Waals surface area contributed by atoms with Crippen molar-refractivity contribution in [2.24, 2.45) is 4.99 Å². The van der Waals surface area contributed by atoms with Gasteiger partial charge < -0.3 is 4.57 Å². The zero-order chi connectivity index (χ0) is 15.5. The molecule has 0 spiro atoms. The summed E-state index contributed by atoms with van der Waals surface area (Å²) in [7, 11) is 0. The molecule has 22 heavy (non-hydrogen) atoms. The first-order valence-corrected chi connectivity index (χ1v) is 7.60. The van der Waals surface area contributed by atoms with E-state index in [1.807, 2.05) is 24.3 Å². The smallest absolute Gasteiger partial charge is 0.137 e. The summed E-state index contributed by atoms with van der Waals surface area (Å²) in [6, 6.07) is 18.7. The molecule has 0 unspecified atom stereocenters. The van der Waals surface area contributed by atoms with E-state index in [0.717, 1.165) is 23.6 Å². The molecule has 0 amide bonds. The van der Waals surface area contributed by atoms with Crippen molar-refractivity contribution in [2.45, 2.75) is 20.4 Å². The number of rotatable bonds is 4. The van der Waals surface area contributed by atoms with Crippen molar-refractivity contribution in [2.75, 3.05) is 0 Å².